The topological polar surface area (TPSA) is 111 Å². The van der Waals surface area contributed by atoms with Crippen molar-refractivity contribution in [2.45, 2.75) is 13.3 Å². The summed E-state index contributed by atoms with van der Waals surface area (Å²) >= 11 is 0. The summed E-state index contributed by atoms with van der Waals surface area (Å²) in [5.74, 6) is 1.22. The van der Waals surface area contributed by atoms with Gasteiger partial charge in [-0.15, -0.1) is 5.10 Å². The van der Waals surface area contributed by atoms with Crippen LogP contribution in [0.1, 0.15) is 11.4 Å². The summed E-state index contributed by atoms with van der Waals surface area (Å²) in [6.45, 7) is 2.43. The average molecular weight is 377 g/mol. The highest BCUT2D eigenvalue weighted by Crippen LogP contribution is 2.16. The molecule has 0 saturated carbocycles. The second kappa shape index (κ2) is 7.87. The van der Waals surface area contributed by atoms with E-state index in [4.69, 9.17) is 4.74 Å². The lowest BCUT2D eigenvalue weighted by Crippen LogP contribution is -2.30. The van der Waals surface area contributed by atoms with Gasteiger partial charge in [-0.25, -0.2) is 9.67 Å². The molecule has 0 radical (unpaired) electrons. The third kappa shape index (κ3) is 3.98. The molecule has 2 aromatic heterocycles. The van der Waals surface area contributed by atoms with Crippen molar-refractivity contribution in [3.8, 4) is 11.4 Å². The number of aryl methyl sites for hydroxylation is 1. The number of hydrogen-bond acceptors (Lipinski definition) is 6. The predicted molar refractivity (Wildman–Crippen MR) is 102 cm³/mol. The summed E-state index contributed by atoms with van der Waals surface area (Å²) in [6, 6.07) is 13.2. The molecule has 4 rings (SSSR count). The van der Waals surface area contributed by atoms with Gasteiger partial charge in [-0.2, -0.15) is 0 Å². The predicted octanol–water partition coefficient (Wildman–Crippen LogP) is 1.58. The van der Waals surface area contributed by atoms with Crippen LogP contribution in [0.3, 0.4) is 0 Å². The number of aromatic nitrogens is 6. The van der Waals surface area contributed by atoms with Crippen LogP contribution < -0.4 is 10.1 Å². The first-order chi connectivity index (χ1) is 13.7. The third-order valence-electron chi connectivity index (χ3n) is 4.25. The number of carbonyl (C=O) groups is 1. The van der Waals surface area contributed by atoms with Gasteiger partial charge >= 0.3 is 0 Å². The maximum atomic E-state index is 12.0. The first kappa shape index (κ1) is 17.7. The van der Waals surface area contributed by atoms with Crippen molar-refractivity contribution < 1.29 is 9.53 Å². The van der Waals surface area contributed by atoms with E-state index in [-0.39, 0.29) is 12.5 Å². The summed E-state index contributed by atoms with van der Waals surface area (Å²) in [5.41, 5.74) is 3.85. The molecule has 2 aromatic carbocycles. The number of tetrazole rings is 1. The molecule has 0 unspecified atom stereocenters. The lowest BCUT2D eigenvalue weighted by Gasteiger charge is -2.08. The van der Waals surface area contributed by atoms with Crippen LogP contribution in [-0.4, -0.2) is 49.2 Å². The number of nitrogens with zero attached hydrogens (tertiary/aromatic N) is 5. The van der Waals surface area contributed by atoms with Crippen molar-refractivity contribution in [3.63, 3.8) is 0 Å². The van der Waals surface area contributed by atoms with Crippen LogP contribution in [0.2, 0.25) is 0 Å². The minimum absolute atomic E-state index is 0.0711. The number of H-pyrrole nitrogens is 1. The van der Waals surface area contributed by atoms with Crippen LogP contribution in [0.4, 0.5) is 0 Å². The van der Waals surface area contributed by atoms with Gasteiger partial charge in [-0.3, -0.25) is 4.79 Å². The Kier molecular flexibility index (Phi) is 4.96. The van der Waals surface area contributed by atoms with Gasteiger partial charge in [0.2, 0.25) is 0 Å². The average Bonchev–Trinajstić information content (AvgIpc) is 3.37. The Balaban J connectivity index is 1.27. The second-order valence-corrected chi connectivity index (χ2v) is 6.29. The van der Waals surface area contributed by atoms with Gasteiger partial charge in [-0.1, -0.05) is 18.2 Å². The summed E-state index contributed by atoms with van der Waals surface area (Å²) in [4.78, 5) is 19.9. The molecule has 0 fully saturated rings. The monoisotopic (exact) mass is 377 g/mol. The molecule has 9 heteroatoms. The van der Waals surface area contributed by atoms with E-state index in [1.54, 1.807) is 12.1 Å². The number of nitrogens with one attached hydrogen (secondary N) is 2. The van der Waals surface area contributed by atoms with Crippen molar-refractivity contribution in [2.75, 3.05) is 13.2 Å². The summed E-state index contributed by atoms with van der Waals surface area (Å²) in [7, 11) is 0. The van der Waals surface area contributed by atoms with Crippen LogP contribution in [0.5, 0.6) is 5.75 Å². The van der Waals surface area contributed by atoms with Gasteiger partial charge in [0.15, 0.2) is 6.61 Å². The molecule has 142 valence electrons. The molecule has 28 heavy (non-hydrogen) atoms. The molecule has 0 spiro atoms. The van der Waals surface area contributed by atoms with E-state index in [1.165, 1.54) is 11.0 Å². The maximum absolute atomic E-state index is 12.0. The van der Waals surface area contributed by atoms with Crippen LogP contribution in [0.15, 0.2) is 48.8 Å². The Hall–Kier alpha value is -3.75. The number of hydrogen-bond donors (Lipinski definition) is 2. The molecule has 1 amide bonds. The number of imidazole rings is 1. The van der Waals surface area contributed by atoms with E-state index in [1.807, 2.05) is 37.3 Å². The quantitative estimate of drug-likeness (QED) is 0.506. The standard InChI is InChI=1S/C19H19N7O2/c1-13-4-2-7-16-19(13)23-17(22-16)8-9-20-18(27)11-28-15-6-3-5-14(10-15)26-12-21-24-25-26/h2-7,10,12H,8-9,11H2,1H3,(H,20,27)(H,22,23). The molecular weight excluding hydrogens is 358 g/mol. The number of para-hydroxylation sites is 1. The van der Waals surface area contributed by atoms with Gasteiger partial charge in [0.1, 0.15) is 17.9 Å². The SMILES string of the molecule is Cc1cccc2[nH]c(CCNC(=O)COc3cccc(-n4cnnn4)c3)nc12. The van der Waals surface area contributed by atoms with E-state index >= 15 is 0 Å². The zero-order chi connectivity index (χ0) is 19.3. The number of fused-ring (bicyclic) bond motifs is 1. The highest BCUT2D eigenvalue weighted by atomic mass is 16.5. The molecule has 0 aliphatic carbocycles. The molecule has 0 aliphatic rings. The molecule has 2 N–H and O–H groups in total. The smallest absolute Gasteiger partial charge is 0.257 e. The van der Waals surface area contributed by atoms with Crippen molar-refractivity contribution in [2.24, 2.45) is 0 Å². The molecule has 0 saturated heterocycles. The molecule has 0 bridgehead atoms. The van der Waals surface area contributed by atoms with Gasteiger partial charge < -0.3 is 15.0 Å². The normalized spacial score (nSPS) is 10.9. The maximum Gasteiger partial charge on any atom is 0.257 e. The van der Waals surface area contributed by atoms with Gasteiger partial charge in [0.05, 0.1) is 16.7 Å². The Morgan fingerprint density at radius 3 is 2.96 bits per heavy atom. The highest BCUT2D eigenvalue weighted by Gasteiger charge is 2.07. The van der Waals surface area contributed by atoms with E-state index in [0.29, 0.717) is 18.7 Å². The van der Waals surface area contributed by atoms with Gasteiger partial charge in [0.25, 0.3) is 5.91 Å². The molecule has 0 aliphatic heterocycles. The first-order valence-corrected chi connectivity index (χ1v) is 8.86. The van der Waals surface area contributed by atoms with Crippen LogP contribution >= 0.6 is 0 Å². The fourth-order valence-corrected chi connectivity index (χ4v) is 2.86. The van der Waals surface area contributed by atoms with Crippen LogP contribution in [0, 0.1) is 6.92 Å². The molecule has 9 nitrogen and oxygen atoms in total. The zero-order valence-electron chi connectivity index (χ0n) is 15.3. The van der Waals surface area contributed by atoms with Crippen LogP contribution in [-0.2, 0) is 11.2 Å². The summed E-state index contributed by atoms with van der Waals surface area (Å²) in [5, 5.41) is 13.9. The van der Waals surface area contributed by atoms with E-state index < -0.39 is 0 Å². The lowest BCUT2D eigenvalue weighted by molar-refractivity contribution is -0.123. The number of benzene rings is 2. The summed E-state index contributed by atoms with van der Waals surface area (Å²) in [6.07, 6.45) is 2.11. The third-order valence-corrected chi connectivity index (χ3v) is 4.25. The van der Waals surface area contributed by atoms with Gasteiger partial charge in [-0.05, 0) is 41.1 Å². The van der Waals surface area contributed by atoms with Gasteiger partial charge in [0, 0.05) is 19.0 Å². The number of ether oxygens (including phenoxy) is 1. The molecule has 4 aromatic rings. The van der Waals surface area contributed by atoms with E-state index in [9.17, 15) is 4.79 Å². The van der Waals surface area contributed by atoms with Crippen molar-refractivity contribution in [3.05, 3.63) is 60.2 Å². The Morgan fingerprint density at radius 2 is 2.14 bits per heavy atom. The molecular formula is C19H19N7O2. The fourth-order valence-electron chi connectivity index (χ4n) is 2.86. The first-order valence-electron chi connectivity index (χ1n) is 8.86. The lowest BCUT2D eigenvalue weighted by atomic mass is 10.2. The number of aromatic amines is 1. The second-order valence-electron chi connectivity index (χ2n) is 6.29. The number of rotatable bonds is 7. The Morgan fingerprint density at radius 1 is 1.25 bits per heavy atom. The molecule has 0 atom stereocenters. The van der Waals surface area contributed by atoms with Crippen molar-refractivity contribution in [1.29, 1.82) is 0 Å². The molecule has 2 heterocycles. The Labute approximate surface area is 160 Å². The van der Waals surface area contributed by atoms with Crippen LogP contribution in [0.25, 0.3) is 16.7 Å². The minimum atomic E-state index is -0.194. The van der Waals surface area contributed by atoms with Crippen molar-refractivity contribution >= 4 is 16.9 Å². The number of amides is 1. The summed E-state index contributed by atoms with van der Waals surface area (Å²) < 4.78 is 7.07. The highest BCUT2D eigenvalue weighted by molar-refractivity contribution is 5.79. The minimum Gasteiger partial charge on any atom is -0.484 e. The zero-order valence-corrected chi connectivity index (χ0v) is 15.3. The van der Waals surface area contributed by atoms with E-state index in [0.717, 1.165) is 28.1 Å². The van der Waals surface area contributed by atoms with Crippen molar-refractivity contribution in [1.82, 2.24) is 35.5 Å². The van der Waals surface area contributed by atoms with E-state index in [2.05, 4.69) is 30.8 Å². The fraction of sp³-hybridized carbons (Fsp3) is 0.211. The number of carbonyl (C=O) groups excluding carboxylic acids is 1. The Bertz CT molecular complexity index is 1090. The largest absolute Gasteiger partial charge is 0.484 e.